The average Bonchev–Trinajstić information content (AvgIpc) is 2.53. The second kappa shape index (κ2) is 5.67. The largest absolute Gasteiger partial charge is 0.543 e. The zero-order valence-corrected chi connectivity index (χ0v) is 12.8. The van der Waals surface area contributed by atoms with Gasteiger partial charge in [0.2, 0.25) is 11.8 Å². The lowest BCUT2D eigenvalue weighted by atomic mass is 10.0. The maximum Gasteiger partial charge on any atom is 0.249 e. The van der Waals surface area contributed by atoms with Gasteiger partial charge in [-0.1, -0.05) is 0 Å². The molecule has 23 heavy (non-hydrogen) atoms. The van der Waals surface area contributed by atoms with E-state index >= 15 is 0 Å². The van der Waals surface area contributed by atoms with Crippen LogP contribution in [0.5, 0.6) is 0 Å². The fraction of sp³-hybridized carbons (Fsp3) is 0.286. The van der Waals surface area contributed by atoms with Crippen molar-refractivity contribution in [2.45, 2.75) is 18.0 Å². The predicted octanol–water partition coefficient (Wildman–Crippen LogP) is -2.68. The number of carbonyl (C=O) groups is 3. The van der Waals surface area contributed by atoms with Crippen molar-refractivity contribution in [2.24, 2.45) is 11.5 Å². The first-order valence-corrected chi connectivity index (χ1v) is 7.87. The third-order valence-corrected chi connectivity index (χ3v) is 5.19. The van der Waals surface area contributed by atoms with Crippen LogP contribution >= 0.6 is 11.8 Å². The van der Waals surface area contributed by atoms with Gasteiger partial charge in [-0.15, -0.1) is 11.8 Å². The zero-order chi connectivity index (χ0) is 16.7. The Labute approximate surface area is 135 Å². The van der Waals surface area contributed by atoms with E-state index in [9.17, 15) is 19.5 Å². The lowest BCUT2D eigenvalue weighted by Crippen LogP contribution is -2.69. The zero-order valence-electron chi connectivity index (χ0n) is 12.0. The molecule has 2 atom stereocenters. The Morgan fingerprint density at radius 1 is 1.39 bits per heavy atom. The Morgan fingerprint density at radius 3 is 2.61 bits per heavy atom. The van der Waals surface area contributed by atoms with Gasteiger partial charge in [0.15, 0.2) is 18.9 Å². The lowest BCUT2D eigenvalue weighted by Gasteiger charge is -2.49. The van der Waals surface area contributed by atoms with Gasteiger partial charge in [-0.3, -0.25) is 14.5 Å². The number of aromatic nitrogens is 1. The van der Waals surface area contributed by atoms with Crippen molar-refractivity contribution in [3.05, 3.63) is 41.4 Å². The van der Waals surface area contributed by atoms with Crippen molar-refractivity contribution in [3.63, 3.8) is 0 Å². The number of pyridine rings is 1. The number of carbonyl (C=O) groups excluding carboxylic acids is 3. The summed E-state index contributed by atoms with van der Waals surface area (Å²) in [6.07, 6.45) is 3.25. The maximum absolute atomic E-state index is 11.8. The van der Waals surface area contributed by atoms with Gasteiger partial charge in [0, 0.05) is 23.5 Å². The first-order valence-electron chi connectivity index (χ1n) is 6.82. The number of amides is 2. The Hall–Kier alpha value is -2.39. The Balaban J connectivity index is 1.89. The number of hydrogen-bond donors (Lipinski definition) is 2. The van der Waals surface area contributed by atoms with E-state index in [4.69, 9.17) is 11.5 Å². The van der Waals surface area contributed by atoms with Gasteiger partial charge in [0.1, 0.15) is 11.4 Å². The molecular weight excluding hydrogens is 320 g/mol. The summed E-state index contributed by atoms with van der Waals surface area (Å²) >= 11 is 1.43. The second-order valence-corrected chi connectivity index (χ2v) is 6.40. The van der Waals surface area contributed by atoms with E-state index in [-0.39, 0.29) is 17.6 Å². The molecule has 1 aromatic heterocycles. The topological polar surface area (TPSA) is 133 Å². The lowest BCUT2D eigenvalue weighted by molar-refractivity contribution is -0.689. The number of rotatable bonds is 4. The molecule has 2 amide bonds. The van der Waals surface area contributed by atoms with Crippen molar-refractivity contribution in [3.8, 4) is 0 Å². The quantitative estimate of drug-likeness (QED) is 0.455. The van der Waals surface area contributed by atoms with Crippen LogP contribution < -0.4 is 21.1 Å². The first-order chi connectivity index (χ1) is 10.9. The van der Waals surface area contributed by atoms with Crippen molar-refractivity contribution < 1.29 is 24.1 Å². The number of nitrogens with two attached hydrogens (primary N) is 2. The standard InChI is InChI=1S/C14H14N4O4S/c15-9-12(20)18-10(14(21)22)8(6-23-13(9)18)5-17-3-1-7(2-4-17)11(16)19/h1-4,9,13H,5-6,15H2,(H2-,16,19,21,22). The molecule has 1 saturated heterocycles. The minimum atomic E-state index is -1.39. The van der Waals surface area contributed by atoms with Crippen LogP contribution in [0.4, 0.5) is 0 Å². The molecule has 0 aromatic carbocycles. The third-order valence-electron chi connectivity index (χ3n) is 3.83. The normalized spacial score (nSPS) is 23.3. The van der Waals surface area contributed by atoms with Crippen LogP contribution in [0.3, 0.4) is 0 Å². The van der Waals surface area contributed by atoms with Crippen molar-refractivity contribution in [2.75, 3.05) is 5.75 Å². The van der Waals surface area contributed by atoms with E-state index in [0.29, 0.717) is 16.9 Å². The molecule has 120 valence electrons. The van der Waals surface area contributed by atoms with Crippen molar-refractivity contribution in [1.82, 2.24) is 4.90 Å². The number of aliphatic carboxylic acids is 1. The van der Waals surface area contributed by atoms with Gasteiger partial charge >= 0.3 is 0 Å². The number of primary amides is 1. The van der Waals surface area contributed by atoms with Crippen molar-refractivity contribution in [1.29, 1.82) is 0 Å². The SMILES string of the molecule is NC(=O)c1cc[n+](CC2=C(C(=O)[O-])N3C(=O)C(N)C3SC2)cc1. The smallest absolute Gasteiger partial charge is 0.249 e. The van der Waals surface area contributed by atoms with E-state index in [1.165, 1.54) is 16.7 Å². The van der Waals surface area contributed by atoms with Crippen LogP contribution in [0.1, 0.15) is 10.4 Å². The first kappa shape index (κ1) is 15.5. The fourth-order valence-corrected chi connectivity index (χ4v) is 3.92. The summed E-state index contributed by atoms with van der Waals surface area (Å²) in [6, 6.07) is 2.43. The molecule has 9 heteroatoms. The number of carboxylic acids is 1. The Bertz CT molecular complexity index is 731. The minimum absolute atomic E-state index is 0.105. The van der Waals surface area contributed by atoms with Gasteiger partial charge in [0.05, 0.1) is 17.2 Å². The van der Waals surface area contributed by atoms with Gasteiger partial charge in [-0.2, -0.15) is 0 Å². The molecule has 4 N–H and O–H groups in total. The molecule has 1 aromatic rings. The monoisotopic (exact) mass is 334 g/mol. The number of thioether (sulfide) groups is 1. The Kier molecular flexibility index (Phi) is 3.82. The van der Waals surface area contributed by atoms with Crippen LogP contribution in [-0.2, 0) is 16.1 Å². The summed E-state index contributed by atoms with van der Waals surface area (Å²) in [6.45, 7) is 0.265. The highest BCUT2D eigenvalue weighted by Gasteiger charge is 2.50. The molecule has 0 saturated carbocycles. The van der Waals surface area contributed by atoms with E-state index < -0.39 is 23.8 Å². The highest BCUT2D eigenvalue weighted by molar-refractivity contribution is 8.00. The van der Waals surface area contributed by atoms with Crippen LogP contribution in [0.25, 0.3) is 0 Å². The second-order valence-electron chi connectivity index (χ2n) is 5.30. The van der Waals surface area contributed by atoms with Gasteiger partial charge < -0.3 is 21.4 Å². The molecule has 2 aliphatic heterocycles. The molecule has 3 heterocycles. The molecule has 0 radical (unpaired) electrons. The number of hydrogen-bond acceptors (Lipinski definition) is 6. The van der Waals surface area contributed by atoms with Gasteiger partial charge in [-0.05, 0) is 0 Å². The number of fused-ring (bicyclic) bond motifs is 1. The number of carboxylic acid groups (broad SMARTS) is 1. The van der Waals surface area contributed by atoms with Crippen LogP contribution in [0, 0.1) is 0 Å². The average molecular weight is 334 g/mol. The molecule has 0 aliphatic carbocycles. The molecule has 1 fully saturated rings. The van der Waals surface area contributed by atoms with Crippen LogP contribution in [-0.4, -0.2) is 39.9 Å². The summed E-state index contributed by atoms with van der Waals surface area (Å²) in [5, 5.41) is 11.1. The summed E-state index contributed by atoms with van der Waals surface area (Å²) in [4.78, 5) is 35.5. The molecular formula is C14H14N4O4S. The summed E-state index contributed by atoms with van der Waals surface area (Å²) in [7, 11) is 0. The number of β-lactam (4-membered cyclic amide) rings is 1. The van der Waals surface area contributed by atoms with Crippen LogP contribution in [0.15, 0.2) is 35.8 Å². The van der Waals surface area contributed by atoms with Gasteiger partial charge in [-0.25, -0.2) is 4.57 Å². The highest BCUT2D eigenvalue weighted by atomic mass is 32.2. The molecule has 8 nitrogen and oxygen atoms in total. The summed E-state index contributed by atoms with van der Waals surface area (Å²) in [5.41, 5.74) is 11.7. The van der Waals surface area contributed by atoms with E-state index in [1.54, 1.807) is 29.1 Å². The summed E-state index contributed by atoms with van der Waals surface area (Å²) in [5.74, 6) is -1.90. The Morgan fingerprint density at radius 2 is 2.04 bits per heavy atom. The predicted molar refractivity (Wildman–Crippen MR) is 78.3 cm³/mol. The molecule has 2 aliphatic rings. The fourth-order valence-electron chi connectivity index (χ4n) is 2.64. The number of nitrogens with zero attached hydrogens (tertiary/aromatic N) is 2. The highest BCUT2D eigenvalue weighted by Crippen LogP contribution is 2.39. The molecule has 0 bridgehead atoms. The van der Waals surface area contributed by atoms with E-state index in [0.717, 1.165) is 0 Å². The van der Waals surface area contributed by atoms with Gasteiger partial charge in [0.25, 0.3) is 0 Å². The molecule has 3 rings (SSSR count). The molecule has 0 spiro atoms. The van der Waals surface area contributed by atoms with E-state index in [1.807, 2.05) is 0 Å². The van der Waals surface area contributed by atoms with E-state index in [2.05, 4.69) is 0 Å². The third kappa shape index (κ3) is 2.57. The van der Waals surface area contributed by atoms with Crippen molar-refractivity contribution >= 4 is 29.5 Å². The summed E-state index contributed by atoms with van der Waals surface area (Å²) < 4.78 is 1.70. The maximum atomic E-state index is 11.8. The minimum Gasteiger partial charge on any atom is -0.543 e. The van der Waals surface area contributed by atoms with Crippen LogP contribution in [0.2, 0.25) is 0 Å². The molecule has 2 unspecified atom stereocenters.